The van der Waals surface area contributed by atoms with Crippen LogP contribution in [0.15, 0.2) is 146 Å². The summed E-state index contributed by atoms with van der Waals surface area (Å²) in [4.78, 5) is 36.1. The maximum Gasteiger partial charge on any atom is 0.251 e. The number of hydrogen-bond acceptors (Lipinski definition) is 8. The summed E-state index contributed by atoms with van der Waals surface area (Å²) in [6, 6.07) is 49.8. The molecule has 2 aromatic heterocycles. The average molecular weight is 1060 g/mol. The summed E-state index contributed by atoms with van der Waals surface area (Å²) in [5, 5.41) is 12.9. The smallest absolute Gasteiger partial charge is 0.251 e. The lowest BCUT2D eigenvalue weighted by Crippen LogP contribution is -2.33. The van der Waals surface area contributed by atoms with Crippen molar-refractivity contribution in [2.24, 2.45) is 0 Å². The fraction of sp³-hybridized carbons (Fsp3) is 0.265. The van der Waals surface area contributed by atoms with Crippen molar-refractivity contribution in [3.8, 4) is 22.5 Å². The minimum absolute atomic E-state index is 0.0681. The number of nitrogen functional groups attached to an aromatic ring is 2. The van der Waals surface area contributed by atoms with Crippen LogP contribution in [-0.2, 0) is 12.8 Å². The van der Waals surface area contributed by atoms with Crippen molar-refractivity contribution in [2.45, 2.75) is 91.9 Å². The summed E-state index contributed by atoms with van der Waals surface area (Å²) in [5.74, 6) is -0.136. The number of aryl methyl sites for hydroxylation is 6. The number of rotatable bonds is 21. The molecule has 0 saturated carbocycles. The summed E-state index contributed by atoms with van der Waals surface area (Å²) in [6.45, 7) is 9.52. The highest BCUT2D eigenvalue weighted by atomic mass is 16.2. The van der Waals surface area contributed by atoms with Gasteiger partial charge in [0.2, 0.25) is 33.4 Å². The zero-order chi connectivity index (χ0) is 55.9. The van der Waals surface area contributed by atoms with Crippen LogP contribution >= 0.6 is 0 Å². The second-order valence-corrected chi connectivity index (χ2v) is 21.4. The lowest BCUT2D eigenvalue weighted by molar-refractivity contribution is -0.538. The van der Waals surface area contributed by atoms with E-state index in [-0.39, 0.29) is 11.8 Å². The zero-order valence-corrected chi connectivity index (χ0v) is 47.1. The molecule has 8 N–H and O–H groups in total. The number of carbonyl (C=O) groups is 2. The second kappa shape index (κ2) is 24.4. The molecule has 0 aliphatic heterocycles. The van der Waals surface area contributed by atoms with Crippen LogP contribution < -0.4 is 41.9 Å². The molecule has 0 spiro atoms. The maximum absolute atomic E-state index is 13.0. The van der Waals surface area contributed by atoms with Gasteiger partial charge in [-0.25, -0.2) is 9.97 Å². The van der Waals surface area contributed by atoms with Crippen LogP contribution in [0.5, 0.6) is 0 Å². The average Bonchev–Trinajstić information content (AvgIpc) is 3.49. The van der Waals surface area contributed by atoms with Gasteiger partial charge < -0.3 is 32.7 Å². The summed E-state index contributed by atoms with van der Waals surface area (Å²) in [6.07, 6.45) is 10.3. The minimum atomic E-state index is -0.0681. The van der Waals surface area contributed by atoms with E-state index in [4.69, 9.17) is 21.4 Å². The van der Waals surface area contributed by atoms with Crippen LogP contribution in [-0.4, -0.2) is 49.0 Å². The predicted octanol–water partition coefficient (Wildman–Crippen LogP) is 12.9. The first-order valence-corrected chi connectivity index (χ1v) is 28.3. The third-order valence-electron chi connectivity index (χ3n) is 15.7. The Morgan fingerprint density at radius 3 is 1.11 bits per heavy atom. The summed E-state index contributed by atoms with van der Waals surface area (Å²) in [5.41, 5.74) is 36.5. The lowest BCUT2D eigenvalue weighted by Gasteiger charge is -2.11. The van der Waals surface area contributed by atoms with Gasteiger partial charge in [0.25, 0.3) is 11.8 Å². The van der Waals surface area contributed by atoms with Crippen LogP contribution in [0.1, 0.15) is 105 Å². The molecule has 8 aromatic carbocycles. The molecule has 0 aliphatic rings. The predicted molar refractivity (Wildman–Crippen MR) is 329 cm³/mol. The number of carbonyl (C=O) groups excluding carboxylic acids is 2. The van der Waals surface area contributed by atoms with Crippen LogP contribution in [0, 0.1) is 27.7 Å². The first-order chi connectivity index (χ1) is 38.8. The van der Waals surface area contributed by atoms with Gasteiger partial charge in [0.05, 0.1) is 0 Å². The van der Waals surface area contributed by atoms with Gasteiger partial charge in [-0.15, -0.1) is 9.13 Å². The fourth-order valence-corrected chi connectivity index (χ4v) is 10.9. The first kappa shape index (κ1) is 54.5. The number of anilines is 4. The number of nitrogens with zero attached hydrogens (tertiary/aromatic N) is 4. The quantitative estimate of drug-likeness (QED) is 0.0179. The molecule has 0 fully saturated rings. The molecule has 10 aromatic rings. The zero-order valence-electron chi connectivity index (χ0n) is 47.1. The fourth-order valence-electron chi connectivity index (χ4n) is 10.9. The Morgan fingerprint density at radius 1 is 0.412 bits per heavy atom. The van der Waals surface area contributed by atoms with E-state index in [2.05, 4.69) is 129 Å². The van der Waals surface area contributed by atoms with E-state index in [0.717, 1.165) is 176 Å². The van der Waals surface area contributed by atoms with Crippen molar-refractivity contribution < 1.29 is 18.7 Å². The molecule has 0 atom stereocenters. The Hall–Kier alpha value is -8.90. The summed E-state index contributed by atoms with van der Waals surface area (Å²) in [7, 11) is 3.89. The molecule has 10 rings (SSSR count). The van der Waals surface area contributed by atoms with Crippen LogP contribution in [0.2, 0.25) is 0 Å². The number of nitrogens with two attached hydrogens (primary N) is 2. The number of nitrogens with one attached hydrogen (secondary N) is 4. The Kier molecular flexibility index (Phi) is 16.6. The van der Waals surface area contributed by atoms with Crippen LogP contribution in [0.25, 0.3) is 66.6 Å². The van der Waals surface area contributed by atoms with Gasteiger partial charge in [0.1, 0.15) is 22.1 Å². The molecule has 0 saturated heterocycles. The molecule has 0 radical (unpaired) electrons. The molecule has 406 valence electrons. The van der Waals surface area contributed by atoms with Crippen molar-refractivity contribution in [3.05, 3.63) is 190 Å². The number of aromatic nitrogens is 4. The third-order valence-corrected chi connectivity index (χ3v) is 15.7. The van der Waals surface area contributed by atoms with Crippen molar-refractivity contribution >= 4 is 78.7 Å². The van der Waals surface area contributed by atoms with Gasteiger partial charge in [-0.05, 0) is 159 Å². The number of amides is 2. The largest absolute Gasteiger partial charge is 0.398 e. The van der Waals surface area contributed by atoms with Crippen LogP contribution in [0.4, 0.5) is 22.7 Å². The molecule has 12 nitrogen and oxygen atoms in total. The highest BCUT2D eigenvalue weighted by molar-refractivity contribution is 5.96. The Morgan fingerprint density at radius 2 is 0.750 bits per heavy atom. The molecular weight excluding hydrogens is 989 g/mol. The van der Waals surface area contributed by atoms with Crippen molar-refractivity contribution in [2.75, 3.05) is 49.3 Å². The molecule has 80 heavy (non-hydrogen) atoms. The molecule has 2 heterocycles. The number of unbranched alkanes of at least 4 members (excludes halogenated alkanes) is 6. The van der Waals surface area contributed by atoms with E-state index < -0.39 is 0 Å². The van der Waals surface area contributed by atoms with Gasteiger partial charge in [0, 0.05) is 110 Å². The lowest BCUT2D eigenvalue weighted by atomic mass is 10.0. The third kappa shape index (κ3) is 12.0. The van der Waals surface area contributed by atoms with Gasteiger partial charge in [-0.3, -0.25) is 9.59 Å². The Labute approximate surface area is 469 Å². The Balaban J connectivity index is 0.622. The minimum Gasteiger partial charge on any atom is -0.398 e. The van der Waals surface area contributed by atoms with E-state index in [1.165, 1.54) is 11.1 Å². The molecular formula is C68H74N10O2+2. The molecule has 0 unspecified atom stereocenters. The van der Waals surface area contributed by atoms with E-state index >= 15 is 0 Å². The Bertz CT molecular complexity index is 3640. The van der Waals surface area contributed by atoms with Gasteiger partial charge in [0.15, 0.2) is 0 Å². The SMILES string of the molecule is CNc1cc2c(cc1C)nc1cc(C)c(N)cc1[n+]2-c1ccc(CCCCCCNC(=O)c2ccc(-c3ccc(C(=O)NCCCCCCc4ccc(-[n+]5c6cc(N)c(C)cc6nc6cc(C)c(NC)cc65)cc4)cc3)cc2)cc1. The highest BCUT2D eigenvalue weighted by Gasteiger charge is 2.24. The van der Waals surface area contributed by atoms with Crippen molar-refractivity contribution in [1.29, 1.82) is 0 Å². The van der Waals surface area contributed by atoms with E-state index in [0.29, 0.717) is 24.2 Å². The molecule has 0 bridgehead atoms. The first-order valence-electron chi connectivity index (χ1n) is 28.3. The topological polar surface area (TPSA) is 168 Å². The van der Waals surface area contributed by atoms with E-state index in [1.54, 1.807) is 0 Å². The van der Waals surface area contributed by atoms with Gasteiger partial charge >= 0.3 is 0 Å². The van der Waals surface area contributed by atoms with E-state index in [1.807, 2.05) is 88.6 Å². The summed E-state index contributed by atoms with van der Waals surface area (Å²) < 4.78 is 4.53. The van der Waals surface area contributed by atoms with Crippen molar-refractivity contribution in [3.63, 3.8) is 0 Å². The maximum atomic E-state index is 13.0. The highest BCUT2D eigenvalue weighted by Crippen LogP contribution is 2.29. The number of benzene rings is 8. The second-order valence-electron chi connectivity index (χ2n) is 21.4. The van der Waals surface area contributed by atoms with E-state index in [9.17, 15) is 9.59 Å². The van der Waals surface area contributed by atoms with Crippen LogP contribution in [0.3, 0.4) is 0 Å². The van der Waals surface area contributed by atoms with Gasteiger partial charge in [-0.1, -0.05) is 74.2 Å². The number of hydrogen-bond donors (Lipinski definition) is 6. The molecule has 2 amide bonds. The standard InChI is InChI=1S/C68H72N10O2/c1-43-35-59-63(39-55(43)69)77(65-41-57(71-5)45(3)37-61(65)75-59)53-29-17-47(18-30-53)15-11-7-9-13-33-73-67(79)51-25-21-49(22-26-51)50-23-27-52(28-24-50)68(80)74-34-14-10-8-12-16-48-19-31-54(32-20-48)78-64-40-56(70)44(2)36-60(64)76-62-38-46(4)58(72-6)42-66(62)78/h17-32,35-42H,7-16,33-34H2,1-6H3,(H6,69,70,71,72,73,74,79,80)/p+2. The summed E-state index contributed by atoms with van der Waals surface area (Å²) >= 11 is 0. The van der Waals surface area contributed by atoms with Crippen molar-refractivity contribution in [1.82, 2.24) is 20.6 Å². The molecule has 12 heteroatoms. The monoisotopic (exact) mass is 1060 g/mol. The normalized spacial score (nSPS) is 11.4. The van der Waals surface area contributed by atoms with Gasteiger partial charge in [-0.2, -0.15) is 0 Å². The number of fused-ring (bicyclic) bond motifs is 4. The molecule has 0 aliphatic carbocycles.